The summed E-state index contributed by atoms with van der Waals surface area (Å²) in [6.07, 6.45) is 2.70. The van der Waals surface area contributed by atoms with E-state index in [0.717, 1.165) is 0 Å². The lowest BCUT2D eigenvalue weighted by atomic mass is 9.96. The molecule has 12 heteroatoms. The van der Waals surface area contributed by atoms with Crippen LogP contribution in [-0.4, -0.2) is 42.7 Å². The summed E-state index contributed by atoms with van der Waals surface area (Å²) >= 11 is 0. The van der Waals surface area contributed by atoms with Crippen molar-refractivity contribution in [1.29, 1.82) is 0 Å². The molecule has 3 rings (SSSR count). The Morgan fingerprint density at radius 1 is 1.17 bits per heavy atom. The zero-order chi connectivity index (χ0) is 25.9. The van der Waals surface area contributed by atoms with Crippen molar-refractivity contribution in [2.24, 2.45) is 11.8 Å². The summed E-state index contributed by atoms with van der Waals surface area (Å²) in [4.78, 5) is 13.4. The van der Waals surface area contributed by atoms with Gasteiger partial charge in [0.25, 0.3) is 5.69 Å². The summed E-state index contributed by atoms with van der Waals surface area (Å²) in [5, 5.41) is 19.7. The Labute approximate surface area is 206 Å². The van der Waals surface area contributed by atoms with Crippen LogP contribution in [-0.2, 0) is 10.0 Å². The van der Waals surface area contributed by atoms with Crippen LogP contribution in [0.25, 0.3) is 0 Å². The summed E-state index contributed by atoms with van der Waals surface area (Å²) < 4.78 is 34.8. The number of nitro benzene ring substituents is 1. The van der Waals surface area contributed by atoms with E-state index >= 15 is 0 Å². The van der Waals surface area contributed by atoms with Crippen molar-refractivity contribution in [3.63, 3.8) is 0 Å². The first-order valence-electron chi connectivity index (χ1n) is 12.0. The Morgan fingerprint density at radius 3 is 2.26 bits per heavy atom. The highest BCUT2D eigenvalue weighted by atomic mass is 32.2. The van der Waals surface area contributed by atoms with E-state index in [1.165, 1.54) is 13.0 Å². The summed E-state index contributed by atoms with van der Waals surface area (Å²) in [5.74, 6) is 1.12. The number of anilines is 2. The molecule has 0 spiro atoms. The maximum Gasteiger partial charge on any atom is 0.312 e. The number of hydrogen-bond donors (Lipinski definition) is 2. The fourth-order valence-corrected chi connectivity index (χ4v) is 6.34. The molecular weight excluding hydrogens is 472 g/mol. The van der Waals surface area contributed by atoms with Gasteiger partial charge in [0.1, 0.15) is 5.69 Å². The molecule has 0 radical (unpaired) electrons. The van der Waals surface area contributed by atoms with E-state index < -0.39 is 14.9 Å². The Morgan fingerprint density at radius 2 is 1.77 bits per heavy atom. The predicted octanol–water partition coefficient (Wildman–Crippen LogP) is 3.99. The van der Waals surface area contributed by atoms with Gasteiger partial charge < -0.3 is 15.1 Å². The Hall–Kier alpha value is -2.73. The molecule has 11 nitrogen and oxygen atoms in total. The molecule has 1 saturated heterocycles. The van der Waals surface area contributed by atoms with Crippen molar-refractivity contribution in [3.8, 4) is 0 Å². The standard InChI is InChI=1S/C23H36N6O5S/c1-14(2)12-18(13-15(3)4)27-35(32,33)20-7-6-19(21(16(20)5)29(30)31)28-10-8-17(9-11-28)22-25-26-23(24)34-22/h6-7,14-15,17-18,27H,8-13H2,1-5H3,(H2,24,26). The summed E-state index contributed by atoms with van der Waals surface area (Å²) in [7, 11) is -3.94. The van der Waals surface area contributed by atoms with E-state index in [1.54, 1.807) is 6.07 Å². The normalized spacial score (nSPS) is 15.5. The molecule has 2 heterocycles. The van der Waals surface area contributed by atoms with Crippen molar-refractivity contribution >= 4 is 27.4 Å². The zero-order valence-corrected chi connectivity index (χ0v) is 21.8. The highest BCUT2D eigenvalue weighted by Gasteiger charge is 2.33. The van der Waals surface area contributed by atoms with Crippen molar-refractivity contribution in [2.45, 2.75) is 77.2 Å². The molecular formula is C23H36N6O5S. The van der Waals surface area contributed by atoms with E-state index in [9.17, 15) is 18.5 Å². The number of aromatic nitrogens is 2. The van der Waals surface area contributed by atoms with E-state index in [-0.39, 0.29) is 34.1 Å². The number of nitrogens with one attached hydrogen (secondary N) is 1. The third-order valence-corrected chi connectivity index (χ3v) is 7.97. The van der Waals surface area contributed by atoms with Gasteiger partial charge in [-0.15, -0.1) is 5.10 Å². The van der Waals surface area contributed by atoms with Crippen LogP contribution in [0.2, 0.25) is 0 Å². The number of piperidine rings is 1. The number of nitrogens with two attached hydrogens (primary N) is 1. The lowest BCUT2D eigenvalue weighted by molar-refractivity contribution is -0.384. The molecule has 1 aliphatic rings. The summed E-state index contributed by atoms with van der Waals surface area (Å²) in [6.45, 7) is 10.7. The number of nitrogen functional groups attached to an aromatic ring is 1. The summed E-state index contributed by atoms with van der Waals surface area (Å²) in [6, 6.07) is 2.80. The van der Waals surface area contributed by atoms with Crippen LogP contribution in [0.1, 0.15) is 70.8 Å². The molecule has 1 fully saturated rings. The third kappa shape index (κ3) is 6.49. The first-order chi connectivity index (χ1) is 16.4. The topological polar surface area (TPSA) is 157 Å². The molecule has 194 valence electrons. The van der Waals surface area contributed by atoms with Crippen LogP contribution in [0, 0.1) is 28.9 Å². The van der Waals surface area contributed by atoms with Gasteiger partial charge in [0.05, 0.1) is 9.82 Å². The molecule has 0 saturated carbocycles. The smallest absolute Gasteiger partial charge is 0.312 e. The molecule has 0 atom stereocenters. The van der Waals surface area contributed by atoms with Crippen molar-refractivity contribution < 1.29 is 17.8 Å². The van der Waals surface area contributed by atoms with Gasteiger partial charge in [-0.3, -0.25) is 10.1 Å². The molecule has 0 unspecified atom stereocenters. The number of nitro groups is 1. The second-order valence-electron chi connectivity index (χ2n) is 10.1. The van der Waals surface area contributed by atoms with Gasteiger partial charge in [-0.1, -0.05) is 32.8 Å². The van der Waals surface area contributed by atoms with Gasteiger partial charge in [-0.05, 0) is 56.6 Å². The summed E-state index contributed by atoms with van der Waals surface area (Å²) in [5.41, 5.74) is 5.89. The molecule has 0 bridgehead atoms. The predicted molar refractivity (Wildman–Crippen MR) is 134 cm³/mol. The van der Waals surface area contributed by atoms with Gasteiger partial charge in [-0.25, -0.2) is 13.1 Å². The lowest BCUT2D eigenvalue weighted by Gasteiger charge is -2.32. The highest BCUT2D eigenvalue weighted by Crippen LogP contribution is 2.38. The fourth-order valence-electron chi connectivity index (χ4n) is 4.84. The molecule has 1 aromatic heterocycles. The van der Waals surface area contributed by atoms with Gasteiger partial charge in [0.15, 0.2) is 0 Å². The van der Waals surface area contributed by atoms with Gasteiger partial charge in [0, 0.05) is 30.6 Å². The maximum absolute atomic E-state index is 13.3. The van der Waals surface area contributed by atoms with Gasteiger partial charge in [-0.2, -0.15) is 0 Å². The van der Waals surface area contributed by atoms with Crippen LogP contribution in [0.15, 0.2) is 21.4 Å². The molecule has 1 aliphatic heterocycles. The number of sulfonamides is 1. The Balaban J connectivity index is 1.86. The SMILES string of the molecule is Cc1c(S(=O)(=O)NC(CC(C)C)CC(C)C)ccc(N2CCC(c3nnc(N)o3)CC2)c1[N+](=O)[O-]. The zero-order valence-electron chi connectivity index (χ0n) is 21.0. The second-order valence-corrected chi connectivity index (χ2v) is 11.8. The van der Waals surface area contributed by atoms with Crippen LogP contribution in [0.3, 0.4) is 0 Å². The lowest BCUT2D eigenvalue weighted by Crippen LogP contribution is -2.37. The van der Waals surface area contributed by atoms with E-state index in [0.29, 0.717) is 62.2 Å². The first-order valence-corrected chi connectivity index (χ1v) is 13.5. The number of benzene rings is 1. The van der Waals surface area contributed by atoms with Gasteiger partial charge >= 0.3 is 6.01 Å². The monoisotopic (exact) mass is 508 g/mol. The van der Waals surface area contributed by atoms with Crippen molar-refractivity contribution in [3.05, 3.63) is 33.7 Å². The third-order valence-electron chi connectivity index (χ3n) is 6.31. The number of rotatable bonds is 10. The molecule has 2 aromatic rings. The van der Waals surface area contributed by atoms with Crippen molar-refractivity contribution in [2.75, 3.05) is 23.7 Å². The van der Waals surface area contributed by atoms with Crippen LogP contribution in [0.5, 0.6) is 0 Å². The maximum atomic E-state index is 13.3. The van der Waals surface area contributed by atoms with Crippen LogP contribution >= 0.6 is 0 Å². The quantitative estimate of drug-likeness (QED) is 0.357. The Bertz CT molecular complexity index is 1130. The average Bonchev–Trinajstić information content (AvgIpc) is 3.18. The molecule has 0 aliphatic carbocycles. The molecule has 35 heavy (non-hydrogen) atoms. The molecule has 3 N–H and O–H groups in total. The number of hydrogen-bond acceptors (Lipinski definition) is 9. The highest BCUT2D eigenvalue weighted by molar-refractivity contribution is 7.89. The average molecular weight is 509 g/mol. The van der Waals surface area contributed by atoms with E-state index in [4.69, 9.17) is 10.2 Å². The van der Waals surface area contributed by atoms with E-state index in [1.807, 2.05) is 32.6 Å². The van der Waals surface area contributed by atoms with Crippen LogP contribution in [0.4, 0.5) is 17.4 Å². The Kier molecular flexibility index (Phi) is 8.37. The van der Waals surface area contributed by atoms with Crippen molar-refractivity contribution in [1.82, 2.24) is 14.9 Å². The fraction of sp³-hybridized carbons (Fsp3) is 0.652. The minimum atomic E-state index is -3.94. The minimum absolute atomic E-state index is 0.0168. The number of nitrogens with zero attached hydrogens (tertiary/aromatic N) is 4. The first kappa shape index (κ1) is 26.9. The molecule has 1 aromatic carbocycles. The largest absolute Gasteiger partial charge is 0.408 e. The second kappa shape index (κ2) is 10.9. The minimum Gasteiger partial charge on any atom is -0.408 e. The van der Waals surface area contributed by atoms with Gasteiger partial charge in [0.2, 0.25) is 15.9 Å². The van der Waals surface area contributed by atoms with Crippen LogP contribution < -0.4 is 15.4 Å². The molecule has 0 amide bonds. The van der Waals surface area contributed by atoms with E-state index in [2.05, 4.69) is 14.9 Å².